The molecule has 2 aromatic heterocycles. The minimum absolute atomic E-state index is 0.0428. The summed E-state index contributed by atoms with van der Waals surface area (Å²) < 4.78 is 44.3. The van der Waals surface area contributed by atoms with Crippen LogP contribution in [0, 0.1) is 5.41 Å². The number of aromatic nitrogens is 4. The number of anilines is 1. The number of phosphoric acid groups is 1. The van der Waals surface area contributed by atoms with Crippen LogP contribution in [0.5, 0.6) is 0 Å². The highest BCUT2D eigenvalue weighted by Gasteiger charge is 2.58. The van der Waals surface area contributed by atoms with Gasteiger partial charge in [0.1, 0.15) is 17.8 Å². The Bertz CT molecular complexity index is 1140. The van der Waals surface area contributed by atoms with Gasteiger partial charge >= 0.3 is 7.82 Å². The van der Waals surface area contributed by atoms with Gasteiger partial charge in [0.05, 0.1) is 44.3 Å². The Morgan fingerprint density at radius 3 is 2.41 bits per heavy atom. The molecule has 1 saturated heterocycles. The van der Waals surface area contributed by atoms with Gasteiger partial charge in [-0.2, -0.15) is 9.97 Å². The number of hydrogen-bond donors (Lipinski definition) is 2. The van der Waals surface area contributed by atoms with E-state index in [2.05, 4.69) is 48.8 Å². The van der Waals surface area contributed by atoms with E-state index < -0.39 is 40.0 Å². The van der Waals surface area contributed by atoms with E-state index in [1.165, 1.54) is 6.33 Å². The van der Waals surface area contributed by atoms with Gasteiger partial charge < -0.3 is 20.0 Å². The first-order valence-corrected chi connectivity index (χ1v) is 17.0. The second-order valence-electron chi connectivity index (χ2n) is 10.8. The van der Waals surface area contributed by atoms with Crippen LogP contribution in [-0.4, -0.2) is 71.6 Å². The third-order valence-corrected chi connectivity index (χ3v) is 13.3. The highest BCUT2D eigenvalue weighted by atomic mass is 35.5. The average Bonchev–Trinajstić information content (AvgIpc) is 3.31. The van der Waals surface area contributed by atoms with Crippen molar-refractivity contribution in [1.82, 2.24) is 19.5 Å². The van der Waals surface area contributed by atoms with Gasteiger partial charge in [0.15, 0.2) is 19.8 Å². The highest BCUT2D eigenvalue weighted by molar-refractivity contribution is 7.48. The fraction of sp³-hybridized carbons (Fsp3) is 0.773. The fourth-order valence-electron chi connectivity index (χ4n) is 4.02. The van der Waals surface area contributed by atoms with Crippen LogP contribution in [-0.2, 0) is 27.3 Å². The summed E-state index contributed by atoms with van der Waals surface area (Å²) >= 11 is 6.09. The van der Waals surface area contributed by atoms with Gasteiger partial charge in [0.25, 0.3) is 0 Å². The molecule has 12 nitrogen and oxygen atoms in total. The number of imidazole rings is 1. The monoisotopic (exact) mass is 579 g/mol. The largest absolute Gasteiger partial charge is 0.474 e. The van der Waals surface area contributed by atoms with Crippen LogP contribution >= 0.6 is 19.4 Å². The minimum Gasteiger partial charge on any atom is -0.410 e. The van der Waals surface area contributed by atoms with Crippen molar-refractivity contribution in [1.29, 1.82) is 0 Å². The van der Waals surface area contributed by atoms with Crippen molar-refractivity contribution in [2.45, 2.75) is 78.1 Å². The zero-order chi connectivity index (χ0) is 27.8. The Hall–Kier alpha value is -1.15. The van der Waals surface area contributed by atoms with Crippen LogP contribution in [0.3, 0.4) is 0 Å². The maximum absolute atomic E-state index is 13.0. The lowest BCUT2D eigenvalue weighted by Gasteiger charge is -2.43. The predicted molar refractivity (Wildman–Crippen MR) is 143 cm³/mol. The number of fused-ring (bicyclic) bond motifs is 1. The fourth-order valence-corrected chi connectivity index (χ4v) is 6.78. The third-order valence-electron chi connectivity index (χ3n) is 7.07. The van der Waals surface area contributed by atoms with Crippen LogP contribution in [0.15, 0.2) is 6.33 Å². The summed E-state index contributed by atoms with van der Waals surface area (Å²) in [5, 5.41) is 10.6. The molecule has 2 aromatic rings. The van der Waals surface area contributed by atoms with Crippen molar-refractivity contribution in [3.8, 4) is 0 Å². The lowest BCUT2D eigenvalue weighted by molar-refractivity contribution is -0.0602. The lowest BCUT2D eigenvalue weighted by Crippen LogP contribution is -2.52. The molecule has 0 amide bonds. The molecule has 0 unspecified atom stereocenters. The molecule has 0 radical (unpaired) electrons. The topological polar surface area (TPSA) is 153 Å². The van der Waals surface area contributed by atoms with E-state index in [9.17, 15) is 9.67 Å². The maximum atomic E-state index is 13.0. The molecule has 0 aliphatic carbocycles. The zero-order valence-corrected chi connectivity index (χ0v) is 25.4. The van der Waals surface area contributed by atoms with Crippen molar-refractivity contribution in [2.24, 2.45) is 5.41 Å². The van der Waals surface area contributed by atoms with Crippen LogP contribution in [0.2, 0.25) is 23.4 Å². The average molecular weight is 580 g/mol. The first-order valence-electron chi connectivity index (χ1n) is 12.3. The van der Waals surface area contributed by atoms with E-state index in [1.54, 1.807) is 18.4 Å². The minimum atomic E-state index is -3.82. The van der Waals surface area contributed by atoms with E-state index in [1.807, 2.05) is 6.92 Å². The Morgan fingerprint density at radius 1 is 1.24 bits per heavy atom. The molecule has 0 spiro atoms. The maximum Gasteiger partial charge on any atom is 0.474 e. The van der Waals surface area contributed by atoms with Crippen molar-refractivity contribution in [3.63, 3.8) is 0 Å². The van der Waals surface area contributed by atoms with Crippen molar-refractivity contribution in [2.75, 3.05) is 32.2 Å². The van der Waals surface area contributed by atoms with Crippen LogP contribution in [0.4, 0.5) is 5.82 Å². The molecule has 37 heavy (non-hydrogen) atoms. The van der Waals surface area contributed by atoms with Gasteiger partial charge in [-0.3, -0.25) is 18.1 Å². The molecule has 0 bridgehead atoms. The number of nitrogens with zero attached hydrogens (tertiary/aromatic N) is 4. The van der Waals surface area contributed by atoms with Gasteiger partial charge in [-0.1, -0.05) is 27.7 Å². The molecule has 3 heterocycles. The molecule has 1 aliphatic heterocycles. The number of ether oxygens (including phenoxy) is 1. The Kier molecular flexibility index (Phi) is 9.15. The summed E-state index contributed by atoms with van der Waals surface area (Å²) in [6.07, 6.45) is -0.665. The molecule has 3 N–H and O–H groups in total. The summed E-state index contributed by atoms with van der Waals surface area (Å²) in [5.74, 6) is 0.126. The quantitative estimate of drug-likeness (QED) is 0.219. The Balaban J connectivity index is 2.07. The van der Waals surface area contributed by atoms with Gasteiger partial charge in [-0.15, -0.1) is 0 Å². The number of nitrogens with two attached hydrogens (primary N) is 1. The van der Waals surface area contributed by atoms with Crippen LogP contribution in [0.1, 0.15) is 47.8 Å². The smallest absolute Gasteiger partial charge is 0.410 e. The second-order valence-corrected chi connectivity index (χ2v) is 17.5. The predicted octanol–water partition coefficient (Wildman–Crippen LogP) is 4.55. The third kappa shape index (κ3) is 6.05. The van der Waals surface area contributed by atoms with E-state index in [4.69, 9.17) is 40.1 Å². The number of nitrogen functional groups attached to an aromatic ring is 1. The standard InChI is InChI=1S/C22H39ClN5O7PSi/c1-9-31-36(30,32-10-2)33-11-14-16(35-37(7,8)21(3,4)5)22(6,12-29)19(34-14)28-13-25-15-17(24)26-20(23)27-18(15)28/h13-14,16,19,29H,9-12H2,1-8H3,(H2,24,26,27)/t14-,16+,19-,22+/m1/s1. The molecule has 1 aliphatic rings. The number of rotatable bonds is 11. The number of phosphoric ester groups is 1. The summed E-state index contributed by atoms with van der Waals surface area (Å²) in [5.41, 5.74) is 5.73. The molecular formula is C22H39ClN5O7PSi. The van der Waals surface area contributed by atoms with Crippen molar-refractivity contribution in [3.05, 3.63) is 11.6 Å². The van der Waals surface area contributed by atoms with Gasteiger partial charge in [-0.25, -0.2) is 9.55 Å². The molecule has 0 aromatic carbocycles. The van der Waals surface area contributed by atoms with Crippen molar-refractivity contribution >= 4 is 44.7 Å². The molecule has 15 heteroatoms. The van der Waals surface area contributed by atoms with E-state index >= 15 is 0 Å². The number of aliphatic hydroxyl groups excluding tert-OH is 1. The summed E-state index contributed by atoms with van der Waals surface area (Å²) in [7, 11) is -6.20. The van der Waals surface area contributed by atoms with Crippen LogP contribution in [0.25, 0.3) is 11.2 Å². The Morgan fingerprint density at radius 2 is 1.86 bits per heavy atom. The number of halogens is 1. The van der Waals surface area contributed by atoms with Gasteiger partial charge in [-0.05, 0) is 43.6 Å². The zero-order valence-electron chi connectivity index (χ0n) is 22.7. The molecular weight excluding hydrogens is 541 g/mol. The van der Waals surface area contributed by atoms with E-state index in [0.29, 0.717) is 11.2 Å². The molecule has 4 atom stereocenters. The first-order chi connectivity index (χ1) is 17.1. The SMILES string of the molecule is CCOP(=O)(OCC)OC[C@H]1O[C@@H](n2cnc3c(N)nc(Cl)nc32)[C@@](C)(CO)[C@H]1O[Si](C)(C)C(C)(C)C. The lowest BCUT2D eigenvalue weighted by atomic mass is 9.83. The first kappa shape index (κ1) is 30.4. The number of hydrogen-bond acceptors (Lipinski definition) is 11. The normalized spacial score (nSPS) is 25.3. The van der Waals surface area contributed by atoms with Crippen LogP contribution < -0.4 is 5.73 Å². The van der Waals surface area contributed by atoms with Gasteiger partial charge in [0, 0.05) is 0 Å². The van der Waals surface area contributed by atoms with Gasteiger partial charge in [0.2, 0.25) is 5.28 Å². The summed E-state index contributed by atoms with van der Waals surface area (Å²) in [6.45, 7) is 15.7. The molecule has 3 rings (SSSR count). The van der Waals surface area contributed by atoms with Crippen molar-refractivity contribution < 1.29 is 32.4 Å². The molecule has 210 valence electrons. The highest BCUT2D eigenvalue weighted by Crippen LogP contribution is 2.53. The molecule has 1 fully saturated rings. The molecule has 0 saturated carbocycles. The van der Waals surface area contributed by atoms with E-state index in [-0.39, 0.29) is 42.6 Å². The summed E-state index contributed by atoms with van der Waals surface area (Å²) in [4.78, 5) is 12.6. The number of aliphatic hydroxyl groups is 1. The summed E-state index contributed by atoms with van der Waals surface area (Å²) in [6, 6.07) is 0. The van der Waals surface area contributed by atoms with E-state index in [0.717, 1.165) is 0 Å². The second kappa shape index (κ2) is 11.1. The Labute approximate surface area is 223 Å².